The number of carbonyl (C=O) groups excluding carboxylic acids is 2. The first kappa shape index (κ1) is 11.7. The molecule has 0 aromatic carbocycles. The number of esters is 1. The van der Waals surface area contributed by atoms with E-state index in [0.29, 0.717) is 13.2 Å². The van der Waals surface area contributed by atoms with Crippen LogP contribution in [0, 0.1) is 16.7 Å². The van der Waals surface area contributed by atoms with Crippen LogP contribution in [0.2, 0.25) is 0 Å². The van der Waals surface area contributed by atoms with Crippen molar-refractivity contribution in [3.8, 4) is 6.07 Å². The van der Waals surface area contributed by atoms with Crippen LogP contribution in [0.4, 0.5) is 0 Å². The van der Waals surface area contributed by atoms with Crippen LogP contribution in [-0.2, 0) is 19.1 Å². The number of ketones is 1. The average molecular weight is 211 g/mol. The third-order valence-corrected chi connectivity index (χ3v) is 2.46. The zero-order chi connectivity index (χ0) is 11.3. The molecule has 0 aromatic heterocycles. The van der Waals surface area contributed by atoms with Crippen LogP contribution in [0.5, 0.6) is 0 Å². The lowest BCUT2D eigenvalue weighted by Gasteiger charge is -2.27. The first-order valence-electron chi connectivity index (χ1n) is 4.87. The molecule has 1 rings (SSSR count). The van der Waals surface area contributed by atoms with Crippen molar-refractivity contribution in [2.45, 2.75) is 19.8 Å². The Morgan fingerprint density at radius 3 is 2.53 bits per heavy atom. The van der Waals surface area contributed by atoms with Gasteiger partial charge in [0.1, 0.15) is 5.41 Å². The van der Waals surface area contributed by atoms with Gasteiger partial charge in [-0.15, -0.1) is 0 Å². The van der Waals surface area contributed by atoms with Crippen LogP contribution < -0.4 is 0 Å². The maximum atomic E-state index is 11.7. The third kappa shape index (κ3) is 2.34. The lowest BCUT2D eigenvalue weighted by atomic mass is 9.78. The van der Waals surface area contributed by atoms with Crippen molar-refractivity contribution in [3.63, 3.8) is 0 Å². The molecule has 5 nitrogen and oxygen atoms in total. The monoisotopic (exact) mass is 211 g/mol. The molecule has 1 aliphatic rings. The molecule has 0 atom stereocenters. The quantitative estimate of drug-likeness (QED) is 0.500. The Morgan fingerprint density at radius 2 is 2.07 bits per heavy atom. The first-order valence-corrected chi connectivity index (χ1v) is 4.87. The summed E-state index contributed by atoms with van der Waals surface area (Å²) in [6, 6.07) is 1.93. The minimum Gasteiger partial charge on any atom is -0.460 e. The highest BCUT2D eigenvalue weighted by atomic mass is 16.5. The Kier molecular flexibility index (Phi) is 3.81. The number of nitriles is 1. The highest BCUT2D eigenvalue weighted by molar-refractivity contribution is 6.36. The van der Waals surface area contributed by atoms with Gasteiger partial charge in [0, 0.05) is 13.2 Å². The van der Waals surface area contributed by atoms with Gasteiger partial charge in [-0.05, 0) is 19.8 Å². The molecule has 0 unspecified atom stereocenters. The maximum absolute atomic E-state index is 11.7. The van der Waals surface area contributed by atoms with Gasteiger partial charge < -0.3 is 9.47 Å². The summed E-state index contributed by atoms with van der Waals surface area (Å²) in [7, 11) is 0. The fourth-order valence-electron chi connectivity index (χ4n) is 1.50. The van der Waals surface area contributed by atoms with Crippen molar-refractivity contribution in [1.82, 2.24) is 0 Å². The first-order chi connectivity index (χ1) is 7.16. The summed E-state index contributed by atoms with van der Waals surface area (Å²) in [5.41, 5.74) is -1.23. The summed E-state index contributed by atoms with van der Waals surface area (Å²) in [5, 5.41) is 8.99. The molecular weight excluding hydrogens is 198 g/mol. The standard InChI is InChI=1S/C10H13NO4/c1-2-15-9(13)8(12)10(7-11)3-5-14-6-4-10/h2-6H2,1H3. The normalized spacial score (nSPS) is 18.9. The number of Topliss-reactive ketones (excluding diaryl/α,β-unsaturated/α-hetero) is 1. The molecule has 1 aliphatic heterocycles. The Morgan fingerprint density at radius 1 is 1.47 bits per heavy atom. The van der Waals surface area contributed by atoms with Crippen LogP contribution in [0.3, 0.4) is 0 Å². The number of hydrogen-bond acceptors (Lipinski definition) is 5. The largest absolute Gasteiger partial charge is 0.460 e. The van der Waals surface area contributed by atoms with Crippen molar-refractivity contribution in [2.24, 2.45) is 5.41 Å². The highest BCUT2D eigenvalue weighted by Gasteiger charge is 2.44. The minimum atomic E-state index is -1.23. The number of hydrogen-bond donors (Lipinski definition) is 0. The summed E-state index contributed by atoms with van der Waals surface area (Å²) < 4.78 is 9.66. The summed E-state index contributed by atoms with van der Waals surface area (Å²) in [5.74, 6) is -1.66. The Balaban J connectivity index is 2.77. The number of ether oxygens (including phenoxy) is 2. The van der Waals surface area contributed by atoms with Gasteiger partial charge in [0.15, 0.2) is 0 Å². The second kappa shape index (κ2) is 4.89. The van der Waals surface area contributed by atoms with Gasteiger partial charge in [-0.1, -0.05) is 0 Å². The average Bonchev–Trinajstić information content (AvgIpc) is 2.29. The molecule has 15 heavy (non-hydrogen) atoms. The van der Waals surface area contributed by atoms with E-state index in [0.717, 1.165) is 0 Å². The number of rotatable bonds is 3. The molecule has 1 heterocycles. The Hall–Kier alpha value is -1.41. The molecule has 0 saturated carbocycles. The fourth-order valence-corrected chi connectivity index (χ4v) is 1.50. The van der Waals surface area contributed by atoms with Crippen LogP contribution in [0.15, 0.2) is 0 Å². The van der Waals surface area contributed by atoms with Crippen molar-refractivity contribution < 1.29 is 19.1 Å². The van der Waals surface area contributed by atoms with E-state index >= 15 is 0 Å². The molecule has 1 saturated heterocycles. The summed E-state index contributed by atoms with van der Waals surface area (Å²) in [6.45, 7) is 2.42. The highest BCUT2D eigenvalue weighted by Crippen LogP contribution is 2.31. The van der Waals surface area contributed by atoms with Gasteiger partial charge >= 0.3 is 5.97 Å². The predicted octanol–water partition coefficient (Wildman–Crippen LogP) is 0.439. The molecule has 82 valence electrons. The van der Waals surface area contributed by atoms with Crippen LogP contribution in [0.25, 0.3) is 0 Å². The summed E-state index contributed by atoms with van der Waals surface area (Å²) in [6.07, 6.45) is 0.530. The lowest BCUT2D eigenvalue weighted by molar-refractivity contribution is -0.158. The van der Waals surface area contributed by atoms with E-state index in [9.17, 15) is 9.59 Å². The van der Waals surface area contributed by atoms with E-state index in [-0.39, 0.29) is 19.4 Å². The molecular formula is C10H13NO4. The van der Waals surface area contributed by atoms with Gasteiger partial charge in [0.05, 0.1) is 12.7 Å². The van der Waals surface area contributed by atoms with E-state index in [1.54, 1.807) is 6.92 Å². The van der Waals surface area contributed by atoms with E-state index in [2.05, 4.69) is 4.74 Å². The molecule has 1 fully saturated rings. The van der Waals surface area contributed by atoms with Gasteiger partial charge in [-0.3, -0.25) is 4.79 Å². The van der Waals surface area contributed by atoms with Gasteiger partial charge in [-0.25, -0.2) is 4.79 Å². The zero-order valence-electron chi connectivity index (χ0n) is 8.62. The van der Waals surface area contributed by atoms with Crippen molar-refractivity contribution in [1.29, 1.82) is 5.26 Å². The topological polar surface area (TPSA) is 76.4 Å². The summed E-state index contributed by atoms with van der Waals surface area (Å²) >= 11 is 0. The van der Waals surface area contributed by atoms with E-state index in [1.807, 2.05) is 6.07 Å². The van der Waals surface area contributed by atoms with Crippen LogP contribution in [-0.4, -0.2) is 31.6 Å². The molecule has 5 heteroatoms. The van der Waals surface area contributed by atoms with Crippen molar-refractivity contribution >= 4 is 11.8 Å². The van der Waals surface area contributed by atoms with E-state index in [1.165, 1.54) is 0 Å². The second-order valence-electron chi connectivity index (χ2n) is 3.36. The van der Waals surface area contributed by atoms with Gasteiger partial charge in [0.2, 0.25) is 0 Å². The van der Waals surface area contributed by atoms with Gasteiger partial charge in [-0.2, -0.15) is 5.26 Å². The van der Waals surface area contributed by atoms with Crippen molar-refractivity contribution in [2.75, 3.05) is 19.8 Å². The zero-order valence-corrected chi connectivity index (χ0v) is 8.62. The predicted molar refractivity (Wildman–Crippen MR) is 49.7 cm³/mol. The molecule has 0 amide bonds. The molecule has 0 aliphatic carbocycles. The minimum absolute atomic E-state index is 0.141. The van der Waals surface area contributed by atoms with E-state index < -0.39 is 17.2 Å². The smallest absolute Gasteiger partial charge is 0.376 e. The van der Waals surface area contributed by atoms with Crippen LogP contribution >= 0.6 is 0 Å². The third-order valence-electron chi connectivity index (χ3n) is 2.46. The Labute approximate surface area is 88.0 Å². The van der Waals surface area contributed by atoms with Crippen LogP contribution in [0.1, 0.15) is 19.8 Å². The fraction of sp³-hybridized carbons (Fsp3) is 0.700. The molecule has 0 aromatic rings. The molecule has 0 spiro atoms. The summed E-state index contributed by atoms with van der Waals surface area (Å²) in [4.78, 5) is 22.9. The Bertz CT molecular complexity index is 299. The molecule has 0 radical (unpaired) electrons. The second-order valence-corrected chi connectivity index (χ2v) is 3.36. The number of nitrogens with zero attached hydrogens (tertiary/aromatic N) is 1. The number of carbonyl (C=O) groups is 2. The lowest BCUT2D eigenvalue weighted by Crippen LogP contribution is -2.40. The van der Waals surface area contributed by atoms with E-state index in [4.69, 9.17) is 10.00 Å². The maximum Gasteiger partial charge on any atom is 0.376 e. The molecule has 0 bridgehead atoms. The molecule has 0 N–H and O–H groups in total. The van der Waals surface area contributed by atoms with Crippen molar-refractivity contribution in [3.05, 3.63) is 0 Å². The SMILES string of the molecule is CCOC(=O)C(=O)C1(C#N)CCOCC1. The van der Waals surface area contributed by atoms with Gasteiger partial charge in [0.25, 0.3) is 5.78 Å².